The summed E-state index contributed by atoms with van der Waals surface area (Å²) in [6.07, 6.45) is 2.77. The summed E-state index contributed by atoms with van der Waals surface area (Å²) in [7, 11) is 0. The first-order valence-electron chi connectivity index (χ1n) is 6.88. The van der Waals surface area contributed by atoms with Gasteiger partial charge >= 0.3 is 0 Å². The molecule has 1 heterocycles. The molecule has 6 nitrogen and oxygen atoms in total. The molecule has 0 amide bonds. The Kier molecular flexibility index (Phi) is 4.07. The van der Waals surface area contributed by atoms with Gasteiger partial charge in [0.2, 0.25) is 0 Å². The number of hydrogen-bond acceptors (Lipinski definition) is 5. The zero-order valence-corrected chi connectivity index (χ0v) is 12.3. The number of hydrogen-bond donors (Lipinski definition) is 1. The van der Waals surface area contributed by atoms with Gasteiger partial charge in [-0.3, -0.25) is 5.01 Å². The maximum atomic E-state index is 14.0. The summed E-state index contributed by atoms with van der Waals surface area (Å²) in [6.45, 7) is -0.165. The zero-order valence-electron chi connectivity index (χ0n) is 12.3. The Labute approximate surface area is 135 Å². The van der Waals surface area contributed by atoms with E-state index in [0.717, 1.165) is 12.1 Å². The van der Waals surface area contributed by atoms with Crippen molar-refractivity contribution in [1.29, 1.82) is 5.26 Å². The van der Waals surface area contributed by atoms with Gasteiger partial charge in [-0.1, -0.05) is 0 Å². The molecule has 0 saturated carbocycles. The van der Waals surface area contributed by atoms with Crippen molar-refractivity contribution in [2.75, 3.05) is 5.01 Å². The van der Waals surface area contributed by atoms with Gasteiger partial charge in [-0.25, -0.2) is 13.5 Å². The molecule has 0 fully saturated rings. The van der Waals surface area contributed by atoms with Crippen molar-refractivity contribution in [2.24, 2.45) is 0 Å². The average molecular weight is 327 g/mol. The lowest BCUT2D eigenvalue weighted by Gasteiger charge is -2.25. The van der Waals surface area contributed by atoms with Crippen LogP contribution in [0, 0.1) is 23.0 Å². The smallest absolute Gasteiger partial charge is 0.139 e. The zero-order chi connectivity index (χ0) is 17.1. The van der Waals surface area contributed by atoms with Crippen LogP contribution >= 0.6 is 0 Å². The molecule has 0 atom stereocenters. The van der Waals surface area contributed by atoms with Crippen molar-refractivity contribution in [1.82, 2.24) is 14.9 Å². The maximum Gasteiger partial charge on any atom is 0.139 e. The third-order valence-electron chi connectivity index (χ3n) is 3.41. The molecular formula is C16H11F2N5O. The molecule has 24 heavy (non-hydrogen) atoms. The minimum absolute atomic E-state index is 0.165. The number of halogens is 2. The summed E-state index contributed by atoms with van der Waals surface area (Å²) in [6, 6.07) is 10.2. The van der Waals surface area contributed by atoms with E-state index in [4.69, 9.17) is 5.26 Å². The fourth-order valence-electron chi connectivity index (χ4n) is 2.22. The van der Waals surface area contributed by atoms with E-state index < -0.39 is 17.4 Å². The molecule has 0 unspecified atom stereocenters. The lowest BCUT2D eigenvalue weighted by Crippen LogP contribution is -2.28. The Morgan fingerprint density at radius 3 is 2.21 bits per heavy atom. The molecule has 0 aliphatic heterocycles. The number of rotatable bonds is 4. The molecule has 1 aromatic heterocycles. The van der Waals surface area contributed by atoms with Crippen LogP contribution in [0.3, 0.4) is 0 Å². The molecule has 3 aromatic rings. The van der Waals surface area contributed by atoms with Gasteiger partial charge in [-0.05, 0) is 24.3 Å². The highest BCUT2D eigenvalue weighted by Crippen LogP contribution is 2.24. The third kappa shape index (κ3) is 3.01. The maximum absolute atomic E-state index is 14.0. The van der Waals surface area contributed by atoms with E-state index >= 15 is 0 Å². The van der Waals surface area contributed by atoms with Crippen molar-refractivity contribution < 1.29 is 13.9 Å². The molecule has 120 valence electrons. The number of aromatic hydroxyl groups is 1. The van der Waals surface area contributed by atoms with E-state index in [-0.39, 0.29) is 12.1 Å². The van der Waals surface area contributed by atoms with Crippen molar-refractivity contribution in [3.8, 4) is 11.8 Å². The van der Waals surface area contributed by atoms with Crippen LogP contribution in [0.2, 0.25) is 0 Å². The van der Waals surface area contributed by atoms with Crippen molar-refractivity contribution in [3.05, 3.63) is 71.8 Å². The normalized spacial score (nSPS) is 10.4. The summed E-state index contributed by atoms with van der Waals surface area (Å²) in [5, 5.41) is 27.1. The fraction of sp³-hybridized carbons (Fsp3) is 0.0625. The van der Waals surface area contributed by atoms with E-state index in [1.807, 2.05) is 6.07 Å². The molecule has 0 aliphatic rings. The van der Waals surface area contributed by atoms with Crippen LogP contribution in [0.15, 0.2) is 49.1 Å². The van der Waals surface area contributed by atoms with Crippen LogP contribution in [0.1, 0.15) is 11.1 Å². The minimum Gasteiger partial charge on any atom is -0.508 e. The van der Waals surface area contributed by atoms with E-state index in [1.165, 1.54) is 22.3 Å². The first-order chi connectivity index (χ1) is 11.6. The number of benzene rings is 2. The van der Waals surface area contributed by atoms with Gasteiger partial charge in [0, 0.05) is 17.7 Å². The highest BCUT2D eigenvalue weighted by Gasteiger charge is 2.17. The monoisotopic (exact) mass is 327 g/mol. The molecule has 8 heteroatoms. The van der Waals surface area contributed by atoms with Crippen LogP contribution in [-0.4, -0.2) is 20.0 Å². The molecule has 0 bridgehead atoms. The number of phenols is 1. The molecule has 0 radical (unpaired) electrons. The van der Waals surface area contributed by atoms with Crippen molar-refractivity contribution >= 4 is 5.69 Å². The molecule has 0 spiro atoms. The lowest BCUT2D eigenvalue weighted by atomic mass is 10.1. The topological polar surface area (TPSA) is 78.0 Å². The number of phenolic OH excluding ortho intramolecular Hbond substituents is 1. The van der Waals surface area contributed by atoms with Gasteiger partial charge in [0.05, 0.1) is 23.9 Å². The second-order valence-corrected chi connectivity index (χ2v) is 4.95. The van der Waals surface area contributed by atoms with E-state index in [2.05, 4.69) is 10.2 Å². The molecule has 0 aliphatic carbocycles. The quantitative estimate of drug-likeness (QED) is 0.797. The second kappa shape index (κ2) is 6.34. The fourth-order valence-corrected chi connectivity index (χ4v) is 2.22. The van der Waals surface area contributed by atoms with Gasteiger partial charge in [-0.2, -0.15) is 5.26 Å². The van der Waals surface area contributed by atoms with Gasteiger partial charge < -0.3 is 5.11 Å². The van der Waals surface area contributed by atoms with Crippen molar-refractivity contribution in [2.45, 2.75) is 6.54 Å². The lowest BCUT2D eigenvalue weighted by molar-refractivity contribution is 0.455. The first-order valence-corrected chi connectivity index (χ1v) is 6.88. The average Bonchev–Trinajstić information content (AvgIpc) is 3.08. The highest BCUT2D eigenvalue weighted by atomic mass is 19.1. The Hall–Kier alpha value is -3.47. The molecule has 0 saturated heterocycles. The Balaban J connectivity index is 2.02. The standard InChI is InChI=1S/C16H11F2N5O/c17-15-5-13(24)6-16(18)14(15)8-23(22-9-20-21-10-22)12-3-1-11(7-19)2-4-12/h1-6,9-10,24H,8H2. The predicted molar refractivity (Wildman–Crippen MR) is 80.8 cm³/mol. The van der Waals surface area contributed by atoms with Crippen LogP contribution in [-0.2, 0) is 6.54 Å². The molecule has 2 aromatic carbocycles. The summed E-state index contributed by atoms with van der Waals surface area (Å²) in [5.41, 5.74) is 0.830. The van der Waals surface area contributed by atoms with Crippen LogP contribution in [0.5, 0.6) is 5.75 Å². The SMILES string of the molecule is N#Cc1ccc(N(Cc2c(F)cc(O)cc2F)n2cnnc2)cc1. The second-order valence-electron chi connectivity index (χ2n) is 4.95. The number of nitriles is 1. The van der Waals surface area contributed by atoms with Crippen LogP contribution in [0.4, 0.5) is 14.5 Å². The Morgan fingerprint density at radius 1 is 1.08 bits per heavy atom. The van der Waals surface area contributed by atoms with Gasteiger partial charge in [0.25, 0.3) is 0 Å². The minimum atomic E-state index is -0.862. The summed E-state index contributed by atoms with van der Waals surface area (Å²) in [5.74, 6) is -2.21. The number of aromatic nitrogens is 3. The predicted octanol–water partition coefficient (Wildman–Crippen LogP) is 2.60. The van der Waals surface area contributed by atoms with Crippen LogP contribution in [0.25, 0.3) is 0 Å². The summed E-state index contributed by atoms with van der Waals surface area (Å²) in [4.78, 5) is 0. The van der Waals surface area contributed by atoms with Gasteiger partial charge in [-0.15, -0.1) is 10.2 Å². The third-order valence-corrected chi connectivity index (χ3v) is 3.41. The number of nitrogens with zero attached hydrogens (tertiary/aromatic N) is 5. The Bertz CT molecular complexity index is 865. The summed E-state index contributed by atoms with van der Waals surface area (Å²) < 4.78 is 29.5. The molecule has 3 rings (SSSR count). The van der Waals surface area contributed by atoms with Crippen LogP contribution < -0.4 is 5.01 Å². The van der Waals surface area contributed by atoms with E-state index in [9.17, 15) is 13.9 Å². The van der Waals surface area contributed by atoms with Crippen molar-refractivity contribution in [3.63, 3.8) is 0 Å². The first kappa shape index (κ1) is 15.4. The van der Waals surface area contributed by atoms with Gasteiger partial charge in [0.15, 0.2) is 0 Å². The van der Waals surface area contributed by atoms with E-state index in [1.54, 1.807) is 24.3 Å². The van der Waals surface area contributed by atoms with Gasteiger partial charge in [0.1, 0.15) is 30.0 Å². The highest BCUT2D eigenvalue weighted by molar-refractivity contribution is 5.50. The van der Waals surface area contributed by atoms with E-state index in [0.29, 0.717) is 11.3 Å². The molecular weight excluding hydrogens is 316 g/mol. The summed E-state index contributed by atoms with van der Waals surface area (Å²) >= 11 is 0. The Morgan fingerprint density at radius 2 is 1.67 bits per heavy atom. The largest absolute Gasteiger partial charge is 0.508 e. The molecule has 1 N–H and O–H groups in total. The number of anilines is 1.